The van der Waals surface area contributed by atoms with E-state index in [2.05, 4.69) is 0 Å². The van der Waals surface area contributed by atoms with E-state index in [9.17, 15) is 42.6 Å². The molecule has 57 heavy (non-hydrogen) atoms. The second-order valence-corrected chi connectivity index (χ2v) is 15.7. The number of phenols is 2. The van der Waals surface area contributed by atoms with Crippen LogP contribution in [0.1, 0.15) is 35.4 Å². The molecule has 8 rings (SSSR count). The summed E-state index contributed by atoms with van der Waals surface area (Å²) in [6.45, 7) is 0.0376. The van der Waals surface area contributed by atoms with Crippen molar-refractivity contribution >= 4 is 52.5 Å². The predicted octanol–water partition coefficient (Wildman–Crippen LogP) is 7.18. The Hall–Kier alpha value is -5.47. The number of ether oxygens (including phenoxy) is 1. The second-order valence-electron chi connectivity index (χ2n) is 14.4. The summed E-state index contributed by atoms with van der Waals surface area (Å²) in [5.74, 6) is -22.1. The molecule has 0 spiro atoms. The summed E-state index contributed by atoms with van der Waals surface area (Å²) in [4.78, 5) is 52.3. The molecule has 2 N–H and O–H groups in total. The Morgan fingerprint density at radius 2 is 1.40 bits per heavy atom. The van der Waals surface area contributed by atoms with Gasteiger partial charge >= 0.3 is 0 Å². The van der Waals surface area contributed by atoms with Gasteiger partial charge in [0.05, 0.1) is 11.8 Å². The standard InChI is InChI=1S/C41H29Cl2F5N2O7/c42-40-17-26-23(12-13-25-28(26)37(54)49(36(25)53)15-14-19-6-8-21(51)9-7-19)29(24-11-10-22(16-27(24)52)57-18-20-4-2-1-3-5-20)41(40,43)39(56)50(38(40)55)35-33(47)31(45)30(44)32(46)34(35)48/h1-12,16,25-26,28-29,51-52H,13-15,17-18H2. The number of carbonyl (C=O) groups is 4. The fourth-order valence-corrected chi connectivity index (χ4v) is 9.63. The fourth-order valence-electron chi connectivity index (χ4n) is 8.70. The highest BCUT2D eigenvalue weighted by Crippen LogP contribution is 2.66. The maximum atomic E-state index is 15.4. The van der Waals surface area contributed by atoms with Crippen LogP contribution in [0.4, 0.5) is 27.6 Å². The molecule has 2 aliphatic carbocycles. The Balaban J connectivity index is 1.23. The molecule has 9 nitrogen and oxygen atoms in total. The smallest absolute Gasteiger partial charge is 0.258 e. The SMILES string of the molecule is O=C1C2CC=C3C(CC4(Cl)C(=O)N(c5c(F)c(F)c(F)c(F)c5F)C(=O)C4(Cl)C3c3ccc(OCc4ccccc4)cc3O)C2C(=O)N1CCc1ccc(O)cc1. The van der Waals surface area contributed by atoms with Gasteiger partial charge < -0.3 is 14.9 Å². The highest BCUT2D eigenvalue weighted by Gasteiger charge is 2.77. The van der Waals surface area contributed by atoms with E-state index in [1.54, 1.807) is 42.5 Å². The first-order valence-corrected chi connectivity index (χ1v) is 18.5. The number of alkyl halides is 2. The number of nitrogens with zero attached hydrogens (tertiary/aromatic N) is 2. The quantitative estimate of drug-likeness (QED) is 0.0482. The van der Waals surface area contributed by atoms with Crippen molar-refractivity contribution in [3.63, 3.8) is 0 Å². The molecule has 6 unspecified atom stereocenters. The molecule has 1 saturated carbocycles. The normalized spacial score (nSPS) is 26.7. The average molecular weight is 828 g/mol. The van der Waals surface area contributed by atoms with Crippen LogP contribution in [0.2, 0.25) is 0 Å². The Morgan fingerprint density at radius 3 is 2.05 bits per heavy atom. The third kappa shape index (κ3) is 5.70. The van der Waals surface area contributed by atoms with E-state index in [0.29, 0.717) is 5.56 Å². The number of carbonyl (C=O) groups excluding carboxylic acids is 4. The monoisotopic (exact) mass is 826 g/mol. The van der Waals surface area contributed by atoms with Gasteiger partial charge in [-0.25, -0.2) is 26.9 Å². The van der Waals surface area contributed by atoms with Gasteiger partial charge in [0.1, 0.15) is 29.5 Å². The number of phenolic OH excluding ortho intramolecular Hbond substituents is 2. The molecule has 0 radical (unpaired) electrons. The van der Waals surface area contributed by atoms with E-state index in [-0.39, 0.29) is 53.5 Å². The lowest BCUT2D eigenvalue weighted by atomic mass is 9.56. The molecule has 0 aromatic heterocycles. The highest BCUT2D eigenvalue weighted by molar-refractivity contribution is 6.58. The number of anilines is 1. The van der Waals surface area contributed by atoms with E-state index >= 15 is 8.78 Å². The second kappa shape index (κ2) is 13.9. The van der Waals surface area contributed by atoms with Gasteiger partial charge in [0.15, 0.2) is 33.0 Å². The average Bonchev–Trinajstić information content (AvgIpc) is 3.53. The first kappa shape index (κ1) is 38.4. The van der Waals surface area contributed by atoms with Crippen LogP contribution >= 0.6 is 23.2 Å². The number of halogens is 7. The predicted molar refractivity (Wildman–Crippen MR) is 194 cm³/mol. The van der Waals surface area contributed by atoms with E-state index in [1.807, 2.05) is 6.07 Å². The zero-order chi connectivity index (χ0) is 40.7. The summed E-state index contributed by atoms with van der Waals surface area (Å²) in [5.41, 5.74) is -0.344. The molecule has 6 atom stereocenters. The largest absolute Gasteiger partial charge is 0.508 e. The van der Waals surface area contributed by atoms with Crippen molar-refractivity contribution in [2.24, 2.45) is 17.8 Å². The van der Waals surface area contributed by atoms with Crippen molar-refractivity contribution in [3.8, 4) is 17.2 Å². The maximum Gasteiger partial charge on any atom is 0.258 e. The summed E-state index contributed by atoms with van der Waals surface area (Å²) in [6.07, 6.45) is 1.04. The minimum absolute atomic E-state index is 0.0213. The maximum absolute atomic E-state index is 15.4. The zero-order valence-corrected chi connectivity index (χ0v) is 30.8. The number of hydrogen-bond donors (Lipinski definition) is 2. The van der Waals surface area contributed by atoms with Gasteiger partial charge in [-0.05, 0) is 54.5 Å². The summed E-state index contributed by atoms with van der Waals surface area (Å²) >= 11 is 14.4. The van der Waals surface area contributed by atoms with Gasteiger partial charge in [-0.1, -0.05) is 60.2 Å². The number of allylic oxidation sites excluding steroid dienone is 2. The van der Waals surface area contributed by atoms with Gasteiger partial charge in [-0.3, -0.25) is 24.1 Å². The van der Waals surface area contributed by atoms with Crippen molar-refractivity contribution < 1.29 is 56.1 Å². The molecule has 2 heterocycles. The number of likely N-dealkylation sites (tertiary alicyclic amines) is 1. The Labute approximate surface area is 330 Å². The van der Waals surface area contributed by atoms with Crippen molar-refractivity contribution in [1.82, 2.24) is 4.90 Å². The van der Waals surface area contributed by atoms with Crippen LogP contribution in [0.3, 0.4) is 0 Å². The highest BCUT2D eigenvalue weighted by atomic mass is 35.5. The molecule has 16 heteroatoms. The topological polar surface area (TPSA) is 124 Å². The Kier molecular flexibility index (Phi) is 9.35. The van der Waals surface area contributed by atoms with Gasteiger partial charge in [-0.15, -0.1) is 23.2 Å². The number of fused-ring (bicyclic) bond motifs is 4. The number of hydrogen-bond acceptors (Lipinski definition) is 7. The lowest BCUT2D eigenvalue weighted by molar-refractivity contribution is -0.140. The third-order valence-electron chi connectivity index (χ3n) is 11.4. The van der Waals surface area contributed by atoms with Crippen LogP contribution in [0.15, 0.2) is 84.4 Å². The van der Waals surface area contributed by atoms with Crippen LogP contribution in [0.5, 0.6) is 17.2 Å². The molecule has 4 aromatic carbocycles. The lowest BCUT2D eigenvalue weighted by Crippen LogP contribution is -2.60. The molecule has 2 aliphatic heterocycles. The Morgan fingerprint density at radius 1 is 0.754 bits per heavy atom. The first-order chi connectivity index (χ1) is 27.1. The molecule has 4 aliphatic rings. The van der Waals surface area contributed by atoms with E-state index in [1.165, 1.54) is 30.3 Å². The molecule has 3 fully saturated rings. The van der Waals surface area contributed by atoms with Crippen LogP contribution in [-0.2, 0) is 32.2 Å². The minimum Gasteiger partial charge on any atom is -0.508 e. The van der Waals surface area contributed by atoms with Crippen molar-refractivity contribution in [1.29, 1.82) is 0 Å². The minimum atomic E-state index is -2.80. The van der Waals surface area contributed by atoms with Crippen LogP contribution in [0.25, 0.3) is 0 Å². The summed E-state index contributed by atoms with van der Waals surface area (Å²) < 4.78 is 79.8. The van der Waals surface area contributed by atoms with Crippen molar-refractivity contribution in [2.75, 3.05) is 11.4 Å². The number of aromatic hydroxyl groups is 2. The fraction of sp³-hybridized carbons (Fsp3) is 0.268. The molecular formula is C41H29Cl2F5N2O7. The summed E-state index contributed by atoms with van der Waals surface area (Å²) in [7, 11) is 0. The van der Waals surface area contributed by atoms with E-state index in [0.717, 1.165) is 10.5 Å². The summed E-state index contributed by atoms with van der Waals surface area (Å²) in [5, 5.41) is 21.2. The number of imide groups is 2. The van der Waals surface area contributed by atoms with Crippen molar-refractivity contribution in [2.45, 2.75) is 41.5 Å². The Bertz CT molecular complexity index is 2390. The lowest BCUT2D eigenvalue weighted by Gasteiger charge is -2.50. The van der Waals surface area contributed by atoms with Gasteiger partial charge in [0.2, 0.25) is 17.6 Å². The van der Waals surface area contributed by atoms with Crippen LogP contribution < -0.4 is 9.64 Å². The molecule has 0 bridgehead atoms. The summed E-state index contributed by atoms with van der Waals surface area (Å²) in [6, 6.07) is 19.1. The zero-order valence-electron chi connectivity index (χ0n) is 29.3. The molecule has 2 saturated heterocycles. The van der Waals surface area contributed by atoms with Crippen LogP contribution in [0, 0.1) is 46.8 Å². The number of rotatable bonds is 8. The third-order valence-corrected chi connectivity index (χ3v) is 12.8. The molecule has 4 aromatic rings. The van der Waals surface area contributed by atoms with Gasteiger partial charge in [-0.2, -0.15) is 0 Å². The van der Waals surface area contributed by atoms with E-state index < -0.39 is 104 Å². The molecular weight excluding hydrogens is 798 g/mol. The first-order valence-electron chi connectivity index (χ1n) is 17.7. The van der Waals surface area contributed by atoms with Crippen molar-refractivity contribution in [3.05, 3.63) is 130 Å². The van der Waals surface area contributed by atoms with Gasteiger partial charge in [0, 0.05) is 24.1 Å². The number of benzene rings is 4. The molecule has 4 amide bonds. The number of amides is 4. The van der Waals surface area contributed by atoms with Gasteiger partial charge in [0.25, 0.3) is 11.8 Å². The molecule has 294 valence electrons. The van der Waals surface area contributed by atoms with Crippen LogP contribution in [-0.4, -0.2) is 55.0 Å². The van der Waals surface area contributed by atoms with E-state index in [4.69, 9.17) is 27.9 Å².